The second-order valence-corrected chi connectivity index (χ2v) is 5.74. The number of phenols is 2. The number of phenolic OH excluding ortho intramolecular Hbond substituents is 2. The standard InChI is InChI=1S/C19H13NO6/c1-25-19(24)11-3-2-4-12-16(11)9(8-20-12)5-15-18(23)17-13(22)6-10(21)7-14(17)26-15/h2-8,20-22H,1H3/b15-5+. The third kappa shape index (κ3) is 2.29. The number of rotatable bonds is 2. The molecule has 0 unspecified atom stereocenters. The molecule has 0 radical (unpaired) electrons. The van der Waals surface area contributed by atoms with E-state index in [4.69, 9.17) is 9.47 Å². The minimum Gasteiger partial charge on any atom is -0.508 e. The van der Waals surface area contributed by atoms with Crippen LogP contribution < -0.4 is 4.74 Å². The Morgan fingerprint density at radius 2 is 2.08 bits per heavy atom. The SMILES string of the molecule is COC(=O)c1cccc2[nH]cc(/C=C3/Oc4cc(O)cc(O)c4C3=O)c12. The van der Waals surface area contributed by atoms with Gasteiger partial charge >= 0.3 is 5.97 Å². The molecule has 26 heavy (non-hydrogen) atoms. The first-order valence-electron chi connectivity index (χ1n) is 7.68. The topological polar surface area (TPSA) is 109 Å². The minimum absolute atomic E-state index is 0.0120. The van der Waals surface area contributed by atoms with Crippen molar-refractivity contribution in [2.45, 2.75) is 0 Å². The monoisotopic (exact) mass is 351 g/mol. The van der Waals surface area contributed by atoms with Gasteiger partial charge in [0.05, 0.1) is 12.7 Å². The van der Waals surface area contributed by atoms with Gasteiger partial charge in [-0.1, -0.05) is 6.07 Å². The fourth-order valence-corrected chi connectivity index (χ4v) is 3.02. The molecule has 3 N–H and O–H groups in total. The molecule has 130 valence electrons. The van der Waals surface area contributed by atoms with E-state index in [2.05, 4.69) is 4.98 Å². The van der Waals surface area contributed by atoms with Crippen molar-refractivity contribution in [2.24, 2.45) is 0 Å². The number of Topliss-reactive ketones (excluding diaryl/α,β-unsaturated/α-hetero) is 1. The maximum absolute atomic E-state index is 12.5. The Morgan fingerprint density at radius 1 is 1.27 bits per heavy atom. The van der Waals surface area contributed by atoms with Gasteiger partial charge in [-0.15, -0.1) is 0 Å². The molecule has 1 aliphatic heterocycles. The van der Waals surface area contributed by atoms with Crippen molar-refractivity contribution in [1.82, 2.24) is 4.98 Å². The summed E-state index contributed by atoms with van der Waals surface area (Å²) in [5, 5.41) is 20.0. The largest absolute Gasteiger partial charge is 0.508 e. The molecule has 7 nitrogen and oxygen atoms in total. The number of H-pyrrole nitrogens is 1. The lowest BCUT2D eigenvalue weighted by Gasteiger charge is -2.03. The number of hydrogen-bond donors (Lipinski definition) is 3. The third-order valence-electron chi connectivity index (χ3n) is 4.17. The van der Waals surface area contributed by atoms with Crippen molar-refractivity contribution in [3.63, 3.8) is 0 Å². The zero-order chi connectivity index (χ0) is 18.4. The van der Waals surface area contributed by atoms with Gasteiger partial charge in [0.1, 0.15) is 22.8 Å². The van der Waals surface area contributed by atoms with Gasteiger partial charge in [-0.25, -0.2) is 4.79 Å². The number of benzene rings is 2. The van der Waals surface area contributed by atoms with Gasteiger partial charge in [0.2, 0.25) is 5.78 Å². The number of ether oxygens (including phenoxy) is 2. The number of esters is 1. The number of methoxy groups -OCH3 is 1. The molecule has 1 aromatic heterocycles. The molecule has 0 amide bonds. The van der Waals surface area contributed by atoms with Crippen LogP contribution in [0.25, 0.3) is 17.0 Å². The fourth-order valence-electron chi connectivity index (χ4n) is 3.02. The first-order valence-corrected chi connectivity index (χ1v) is 7.68. The highest BCUT2D eigenvalue weighted by atomic mass is 16.5. The number of nitrogens with one attached hydrogen (secondary N) is 1. The smallest absolute Gasteiger partial charge is 0.338 e. The van der Waals surface area contributed by atoms with Gasteiger partial charge in [0.15, 0.2) is 5.76 Å². The van der Waals surface area contributed by atoms with Crippen LogP contribution in [0.4, 0.5) is 0 Å². The zero-order valence-electron chi connectivity index (χ0n) is 13.6. The van der Waals surface area contributed by atoms with Crippen LogP contribution in [0.15, 0.2) is 42.3 Å². The van der Waals surface area contributed by atoms with Crippen molar-refractivity contribution in [3.8, 4) is 17.2 Å². The molecule has 0 aliphatic carbocycles. The van der Waals surface area contributed by atoms with E-state index in [1.807, 2.05) is 0 Å². The van der Waals surface area contributed by atoms with Crippen molar-refractivity contribution < 1.29 is 29.3 Å². The van der Waals surface area contributed by atoms with E-state index in [0.29, 0.717) is 22.0 Å². The number of allylic oxidation sites excluding steroid dienone is 1. The summed E-state index contributed by atoms with van der Waals surface area (Å²) < 4.78 is 10.3. The molecule has 0 bridgehead atoms. The van der Waals surface area contributed by atoms with Crippen LogP contribution in [-0.4, -0.2) is 34.1 Å². The van der Waals surface area contributed by atoms with Gasteiger partial charge in [-0.3, -0.25) is 4.79 Å². The van der Waals surface area contributed by atoms with Gasteiger partial charge in [-0.2, -0.15) is 0 Å². The van der Waals surface area contributed by atoms with E-state index in [-0.39, 0.29) is 28.6 Å². The number of fused-ring (bicyclic) bond motifs is 2. The van der Waals surface area contributed by atoms with Crippen LogP contribution in [-0.2, 0) is 4.74 Å². The summed E-state index contributed by atoms with van der Waals surface area (Å²) in [5.41, 5.74) is 1.59. The average molecular weight is 351 g/mol. The van der Waals surface area contributed by atoms with E-state index in [0.717, 1.165) is 6.07 Å². The van der Waals surface area contributed by atoms with Crippen LogP contribution in [0, 0.1) is 0 Å². The Kier molecular flexibility index (Phi) is 3.43. The number of aromatic nitrogens is 1. The molecule has 2 heterocycles. The van der Waals surface area contributed by atoms with Crippen LogP contribution in [0.3, 0.4) is 0 Å². The number of aromatic hydroxyl groups is 2. The lowest BCUT2D eigenvalue weighted by molar-refractivity contribution is 0.0603. The third-order valence-corrected chi connectivity index (χ3v) is 4.17. The van der Waals surface area contributed by atoms with Crippen molar-refractivity contribution in [2.75, 3.05) is 7.11 Å². The van der Waals surface area contributed by atoms with Crippen LogP contribution in [0.2, 0.25) is 0 Å². The first-order chi connectivity index (χ1) is 12.5. The molecule has 3 aromatic rings. The second kappa shape index (κ2) is 5.66. The number of carbonyl (C=O) groups is 2. The Labute approximate surface area is 147 Å². The Morgan fingerprint density at radius 3 is 2.85 bits per heavy atom. The molecule has 1 aliphatic rings. The van der Waals surface area contributed by atoms with E-state index in [1.54, 1.807) is 24.4 Å². The fraction of sp³-hybridized carbons (Fsp3) is 0.0526. The van der Waals surface area contributed by atoms with Crippen molar-refractivity contribution in [3.05, 3.63) is 59.0 Å². The van der Waals surface area contributed by atoms with Gasteiger partial charge in [-0.05, 0) is 18.2 Å². The van der Waals surface area contributed by atoms with Gasteiger partial charge < -0.3 is 24.7 Å². The summed E-state index contributed by atoms with van der Waals surface area (Å²) in [7, 11) is 1.29. The van der Waals surface area contributed by atoms with E-state index in [9.17, 15) is 19.8 Å². The molecule has 0 saturated carbocycles. The Balaban J connectivity index is 1.85. The van der Waals surface area contributed by atoms with Gasteiger partial charge in [0, 0.05) is 34.8 Å². The Bertz CT molecular complexity index is 1110. The van der Waals surface area contributed by atoms with Crippen LogP contribution in [0.1, 0.15) is 26.3 Å². The molecular weight excluding hydrogens is 338 g/mol. The van der Waals surface area contributed by atoms with Gasteiger partial charge in [0.25, 0.3) is 0 Å². The number of aromatic amines is 1. The molecule has 0 spiro atoms. The maximum atomic E-state index is 12.5. The van der Waals surface area contributed by atoms with E-state index in [1.165, 1.54) is 19.3 Å². The highest BCUT2D eigenvalue weighted by molar-refractivity contribution is 6.17. The van der Waals surface area contributed by atoms with Crippen molar-refractivity contribution >= 4 is 28.7 Å². The quantitative estimate of drug-likeness (QED) is 0.484. The normalized spacial score (nSPS) is 14.5. The summed E-state index contributed by atoms with van der Waals surface area (Å²) in [6, 6.07) is 7.46. The molecule has 2 aromatic carbocycles. The molecular formula is C19H13NO6. The molecule has 0 atom stereocenters. The lowest BCUT2D eigenvalue weighted by Crippen LogP contribution is -2.02. The van der Waals surface area contributed by atoms with E-state index >= 15 is 0 Å². The first kappa shape index (κ1) is 15.8. The number of ketones is 1. The second-order valence-electron chi connectivity index (χ2n) is 5.74. The predicted octanol–water partition coefficient (Wildman–Crippen LogP) is 2.98. The number of hydrogen-bond acceptors (Lipinski definition) is 6. The van der Waals surface area contributed by atoms with E-state index < -0.39 is 11.8 Å². The molecule has 0 fully saturated rings. The average Bonchev–Trinajstić information content (AvgIpc) is 3.16. The minimum atomic E-state index is -0.512. The summed E-state index contributed by atoms with van der Waals surface area (Å²) >= 11 is 0. The summed E-state index contributed by atoms with van der Waals surface area (Å²) in [6.07, 6.45) is 3.12. The molecule has 7 heteroatoms. The number of carbonyl (C=O) groups excluding carboxylic acids is 2. The summed E-state index contributed by atoms with van der Waals surface area (Å²) in [5.74, 6) is -1.53. The molecule has 0 saturated heterocycles. The highest BCUT2D eigenvalue weighted by Crippen LogP contribution is 2.41. The summed E-state index contributed by atoms with van der Waals surface area (Å²) in [6.45, 7) is 0. The van der Waals surface area contributed by atoms with Crippen LogP contribution in [0.5, 0.6) is 17.2 Å². The lowest BCUT2D eigenvalue weighted by atomic mass is 10.0. The Hall–Kier alpha value is -3.74. The predicted molar refractivity (Wildman–Crippen MR) is 92.3 cm³/mol. The zero-order valence-corrected chi connectivity index (χ0v) is 13.6. The highest BCUT2D eigenvalue weighted by Gasteiger charge is 2.31. The maximum Gasteiger partial charge on any atom is 0.338 e. The van der Waals surface area contributed by atoms with Crippen LogP contribution >= 0.6 is 0 Å². The summed E-state index contributed by atoms with van der Waals surface area (Å²) in [4.78, 5) is 27.6. The molecule has 4 rings (SSSR count). The van der Waals surface area contributed by atoms with Crippen molar-refractivity contribution in [1.29, 1.82) is 0 Å².